The predicted molar refractivity (Wildman–Crippen MR) is 117 cm³/mol. The van der Waals surface area contributed by atoms with Crippen molar-refractivity contribution in [3.63, 3.8) is 0 Å². The summed E-state index contributed by atoms with van der Waals surface area (Å²) in [5.74, 6) is -0.762. The quantitative estimate of drug-likeness (QED) is 0.373. The van der Waals surface area contributed by atoms with E-state index in [4.69, 9.17) is 4.74 Å². The predicted octanol–water partition coefficient (Wildman–Crippen LogP) is 1.89. The van der Waals surface area contributed by atoms with E-state index in [0.717, 1.165) is 44.3 Å². The number of thioether (sulfide) groups is 1. The maximum atomic E-state index is 13.0. The van der Waals surface area contributed by atoms with Crippen molar-refractivity contribution >= 4 is 34.5 Å². The number of ether oxygens (including phenoxy) is 1. The fraction of sp³-hybridized carbons (Fsp3) is 0.810. The summed E-state index contributed by atoms with van der Waals surface area (Å²) in [6.45, 7) is 3.15. The lowest BCUT2D eigenvalue weighted by atomic mass is 9.87. The van der Waals surface area contributed by atoms with E-state index in [0.29, 0.717) is 37.3 Å². The van der Waals surface area contributed by atoms with Crippen LogP contribution in [0.1, 0.15) is 58.3 Å². The largest absolute Gasteiger partial charge is 0.381 e. The average molecular weight is 439 g/mol. The molecule has 2 heterocycles. The molecule has 0 aromatic rings. The van der Waals surface area contributed by atoms with Gasteiger partial charge in [0, 0.05) is 38.0 Å². The Balaban J connectivity index is 1.66. The molecule has 9 heteroatoms. The molecule has 0 bridgehead atoms. The van der Waals surface area contributed by atoms with Gasteiger partial charge in [0.15, 0.2) is 5.17 Å². The smallest absolute Gasteiger partial charge is 0.309 e. The van der Waals surface area contributed by atoms with Crippen molar-refractivity contribution in [3.05, 3.63) is 0 Å². The third-order valence-electron chi connectivity index (χ3n) is 6.44. The van der Waals surface area contributed by atoms with E-state index >= 15 is 0 Å². The summed E-state index contributed by atoms with van der Waals surface area (Å²) in [7, 11) is 1.91. The first-order valence-corrected chi connectivity index (χ1v) is 12.1. The third-order valence-corrected chi connectivity index (χ3v) is 7.72. The number of rotatable bonds is 6. The van der Waals surface area contributed by atoms with Gasteiger partial charge in [0.2, 0.25) is 11.7 Å². The Morgan fingerprint density at radius 2 is 1.77 bits per heavy atom. The standard InChI is InChI=1S/C21H34N4O4S/c1-14-13-30-21(25(14)2)24-23-20(28)18(26)17(15-9-11-29-12-10-15)22-19(27)16-7-5-3-4-6-8-16/h14-17H,3-13H2,1-2H3,(H,22,27)(H,23,28)/b24-21-/t14-,17?/m1/s1. The summed E-state index contributed by atoms with van der Waals surface area (Å²) in [5.41, 5.74) is 2.41. The normalized spacial score (nSPS) is 26.3. The van der Waals surface area contributed by atoms with Gasteiger partial charge < -0.3 is 15.0 Å². The maximum Gasteiger partial charge on any atom is 0.309 e. The van der Waals surface area contributed by atoms with Gasteiger partial charge in [-0.1, -0.05) is 37.4 Å². The zero-order chi connectivity index (χ0) is 21.5. The Morgan fingerprint density at radius 3 is 2.37 bits per heavy atom. The molecule has 0 radical (unpaired) electrons. The molecule has 3 fully saturated rings. The summed E-state index contributed by atoms with van der Waals surface area (Å²) < 4.78 is 5.41. The Kier molecular flexibility index (Phi) is 8.56. The van der Waals surface area contributed by atoms with Gasteiger partial charge in [-0.2, -0.15) is 0 Å². The van der Waals surface area contributed by atoms with Crippen molar-refractivity contribution in [3.8, 4) is 0 Å². The van der Waals surface area contributed by atoms with Crippen LogP contribution >= 0.6 is 11.8 Å². The molecule has 168 valence electrons. The molecular weight excluding hydrogens is 404 g/mol. The summed E-state index contributed by atoms with van der Waals surface area (Å²) in [4.78, 5) is 40.5. The van der Waals surface area contributed by atoms with Crippen molar-refractivity contribution in [2.24, 2.45) is 16.9 Å². The number of nitrogens with zero attached hydrogens (tertiary/aromatic N) is 2. The second-order valence-corrected chi connectivity index (χ2v) is 9.58. The molecule has 2 atom stereocenters. The number of hydrazone groups is 1. The van der Waals surface area contributed by atoms with Crippen LogP contribution in [-0.2, 0) is 19.1 Å². The molecule has 1 saturated carbocycles. The third kappa shape index (κ3) is 5.97. The van der Waals surface area contributed by atoms with Crippen molar-refractivity contribution in [2.45, 2.75) is 70.4 Å². The van der Waals surface area contributed by atoms with Crippen LogP contribution in [0.3, 0.4) is 0 Å². The summed E-state index contributed by atoms with van der Waals surface area (Å²) in [6.07, 6.45) is 7.38. The average Bonchev–Trinajstić information content (AvgIpc) is 2.95. The molecule has 8 nitrogen and oxygen atoms in total. The zero-order valence-corrected chi connectivity index (χ0v) is 18.8. The van der Waals surface area contributed by atoms with Gasteiger partial charge in [-0.3, -0.25) is 14.4 Å². The van der Waals surface area contributed by atoms with Gasteiger partial charge in [0.05, 0.1) is 0 Å². The first-order chi connectivity index (χ1) is 14.5. The number of ketones is 1. The number of carbonyl (C=O) groups excluding carboxylic acids is 3. The molecule has 2 saturated heterocycles. The molecule has 2 amide bonds. The highest BCUT2D eigenvalue weighted by Gasteiger charge is 2.36. The summed E-state index contributed by atoms with van der Waals surface area (Å²) in [6, 6.07) is -0.493. The molecule has 0 spiro atoms. The van der Waals surface area contributed by atoms with Gasteiger partial charge in [0.25, 0.3) is 0 Å². The monoisotopic (exact) mass is 438 g/mol. The highest BCUT2D eigenvalue weighted by molar-refractivity contribution is 8.14. The SMILES string of the molecule is C[C@@H]1CS/C(=N\NC(=O)C(=O)C(NC(=O)C2CCCCCC2)C2CCOCC2)N1C. The van der Waals surface area contributed by atoms with Crippen LogP contribution in [0.2, 0.25) is 0 Å². The van der Waals surface area contributed by atoms with Gasteiger partial charge in [-0.15, -0.1) is 5.10 Å². The van der Waals surface area contributed by atoms with Crippen LogP contribution in [0.15, 0.2) is 5.10 Å². The molecule has 3 aliphatic rings. The second kappa shape index (κ2) is 11.1. The zero-order valence-electron chi connectivity index (χ0n) is 18.0. The van der Waals surface area contributed by atoms with E-state index in [1.807, 2.05) is 11.9 Å². The Hall–Kier alpha value is -1.61. The van der Waals surface area contributed by atoms with Gasteiger partial charge in [-0.25, -0.2) is 5.43 Å². The van der Waals surface area contributed by atoms with Crippen LogP contribution in [0.5, 0.6) is 0 Å². The minimum Gasteiger partial charge on any atom is -0.381 e. The fourth-order valence-corrected chi connectivity index (χ4v) is 5.37. The van der Waals surface area contributed by atoms with Crippen LogP contribution in [0.25, 0.3) is 0 Å². The van der Waals surface area contributed by atoms with E-state index < -0.39 is 17.7 Å². The number of nitrogens with one attached hydrogen (secondary N) is 2. The number of carbonyl (C=O) groups is 3. The molecule has 30 heavy (non-hydrogen) atoms. The van der Waals surface area contributed by atoms with Crippen molar-refractivity contribution in [1.82, 2.24) is 15.6 Å². The topological polar surface area (TPSA) is 100 Å². The van der Waals surface area contributed by atoms with E-state index in [1.165, 1.54) is 0 Å². The first kappa shape index (κ1) is 23.1. The molecule has 2 aliphatic heterocycles. The van der Waals surface area contributed by atoms with Crippen LogP contribution in [0.4, 0.5) is 0 Å². The lowest BCUT2D eigenvalue weighted by Crippen LogP contribution is -2.53. The molecule has 0 aromatic carbocycles. The Morgan fingerprint density at radius 1 is 1.10 bits per heavy atom. The van der Waals surface area contributed by atoms with Gasteiger partial charge in [0.1, 0.15) is 6.04 Å². The number of Topliss-reactive ketones (excluding diaryl/α,β-unsaturated/α-hetero) is 1. The van der Waals surface area contributed by atoms with Crippen LogP contribution < -0.4 is 10.7 Å². The van der Waals surface area contributed by atoms with Crippen molar-refractivity contribution in [2.75, 3.05) is 26.0 Å². The lowest BCUT2D eigenvalue weighted by Gasteiger charge is -2.30. The first-order valence-electron chi connectivity index (χ1n) is 11.1. The van der Waals surface area contributed by atoms with E-state index in [9.17, 15) is 14.4 Å². The number of hydrogen-bond donors (Lipinski definition) is 2. The molecular formula is C21H34N4O4S. The highest BCUT2D eigenvalue weighted by Crippen LogP contribution is 2.25. The van der Waals surface area contributed by atoms with Crippen molar-refractivity contribution in [1.29, 1.82) is 0 Å². The van der Waals surface area contributed by atoms with E-state index in [1.54, 1.807) is 11.8 Å². The maximum absolute atomic E-state index is 13.0. The van der Waals surface area contributed by atoms with Gasteiger partial charge in [-0.05, 0) is 38.5 Å². The fourth-order valence-electron chi connectivity index (χ4n) is 4.26. The van der Waals surface area contributed by atoms with Gasteiger partial charge >= 0.3 is 5.91 Å². The second-order valence-electron chi connectivity index (χ2n) is 8.60. The Bertz CT molecular complexity index is 657. The lowest BCUT2D eigenvalue weighted by molar-refractivity contribution is -0.142. The molecule has 0 aromatic heterocycles. The number of hydrogen-bond acceptors (Lipinski definition) is 6. The summed E-state index contributed by atoms with van der Waals surface area (Å²) in [5, 5.41) is 7.76. The highest BCUT2D eigenvalue weighted by atomic mass is 32.2. The molecule has 3 rings (SSSR count). The van der Waals surface area contributed by atoms with E-state index in [2.05, 4.69) is 22.8 Å². The van der Waals surface area contributed by atoms with Crippen LogP contribution in [-0.4, -0.2) is 65.8 Å². The minimum absolute atomic E-state index is 0.0732. The molecule has 1 aliphatic carbocycles. The Labute approximate surface area is 182 Å². The van der Waals surface area contributed by atoms with Crippen LogP contribution in [0, 0.1) is 11.8 Å². The number of amidine groups is 1. The molecule has 2 N–H and O–H groups in total. The summed E-state index contributed by atoms with van der Waals surface area (Å²) >= 11 is 1.54. The molecule has 1 unspecified atom stereocenters. The van der Waals surface area contributed by atoms with Crippen molar-refractivity contribution < 1.29 is 19.1 Å². The minimum atomic E-state index is -0.822. The number of amides is 2. The van der Waals surface area contributed by atoms with E-state index in [-0.39, 0.29) is 17.7 Å².